The van der Waals surface area contributed by atoms with Gasteiger partial charge in [0, 0.05) is 40.9 Å². The molecule has 6 nitrogen and oxygen atoms in total. The number of fused-ring (bicyclic) bond motifs is 2. The maximum atomic E-state index is 13.1. The van der Waals surface area contributed by atoms with Crippen molar-refractivity contribution in [1.82, 2.24) is 14.9 Å². The SMILES string of the molecule is CC[C@H](C)CCCC(=O)Cc1sc2c(c1-c1nc3cnccc3s1)CCN(C(=O)OC(C)(C)C)[C@H]2C. The Bertz CT molecular complexity index is 1210. The van der Waals surface area contributed by atoms with Crippen molar-refractivity contribution in [3.8, 4) is 10.6 Å². The van der Waals surface area contributed by atoms with Crippen LogP contribution < -0.4 is 0 Å². The Balaban J connectivity index is 1.66. The number of ketones is 1. The van der Waals surface area contributed by atoms with Gasteiger partial charge in [0.2, 0.25) is 0 Å². The van der Waals surface area contributed by atoms with E-state index < -0.39 is 5.60 Å². The van der Waals surface area contributed by atoms with E-state index in [2.05, 4.69) is 25.8 Å². The first-order chi connectivity index (χ1) is 17.1. The number of nitrogens with zero attached hydrogens (tertiary/aromatic N) is 3. The molecule has 8 heteroatoms. The van der Waals surface area contributed by atoms with Gasteiger partial charge in [0.05, 0.1) is 16.9 Å². The quantitative estimate of drug-likeness (QED) is 0.301. The molecule has 194 valence electrons. The van der Waals surface area contributed by atoms with Crippen LogP contribution in [0.3, 0.4) is 0 Å². The molecule has 0 aromatic carbocycles. The van der Waals surface area contributed by atoms with Crippen LogP contribution >= 0.6 is 22.7 Å². The predicted molar refractivity (Wildman–Crippen MR) is 148 cm³/mol. The molecule has 0 fully saturated rings. The lowest BCUT2D eigenvalue weighted by Crippen LogP contribution is -2.41. The van der Waals surface area contributed by atoms with Gasteiger partial charge in [-0.2, -0.15) is 0 Å². The van der Waals surface area contributed by atoms with Crippen LogP contribution in [0, 0.1) is 5.92 Å². The number of hydrogen-bond donors (Lipinski definition) is 0. The van der Waals surface area contributed by atoms with Gasteiger partial charge in [0.1, 0.15) is 21.9 Å². The van der Waals surface area contributed by atoms with Crippen molar-refractivity contribution >= 4 is 44.8 Å². The summed E-state index contributed by atoms with van der Waals surface area (Å²) in [6.07, 6.45) is 8.21. The number of thiazole rings is 1. The first kappa shape index (κ1) is 26.7. The van der Waals surface area contributed by atoms with Gasteiger partial charge in [-0.3, -0.25) is 9.78 Å². The van der Waals surface area contributed by atoms with E-state index in [0.717, 1.165) is 56.2 Å². The van der Waals surface area contributed by atoms with Crippen LogP contribution in [0.2, 0.25) is 0 Å². The minimum absolute atomic E-state index is 0.113. The van der Waals surface area contributed by atoms with Crippen molar-refractivity contribution in [3.63, 3.8) is 0 Å². The van der Waals surface area contributed by atoms with E-state index in [9.17, 15) is 9.59 Å². The van der Waals surface area contributed by atoms with E-state index in [-0.39, 0.29) is 17.9 Å². The van der Waals surface area contributed by atoms with Crippen molar-refractivity contribution in [2.24, 2.45) is 5.92 Å². The van der Waals surface area contributed by atoms with Crippen LogP contribution in [-0.2, 0) is 22.4 Å². The van der Waals surface area contributed by atoms with Crippen molar-refractivity contribution in [1.29, 1.82) is 0 Å². The Hall–Kier alpha value is -2.32. The molecule has 4 rings (SSSR count). The fourth-order valence-corrected chi connectivity index (χ4v) is 7.18. The van der Waals surface area contributed by atoms with Gasteiger partial charge in [0.15, 0.2) is 0 Å². The van der Waals surface area contributed by atoms with Gasteiger partial charge >= 0.3 is 6.09 Å². The van der Waals surface area contributed by atoms with E-state index in [1.807, 2.05) is 31.7 Å². The van der Waals surface area contributed by atoms with Crippen molar-refractivity contribution in [3.05, 3.63) is 33.8 Å². The minimum atomic E-state index is -0.542. The van der Waals surface area contributed by atoms with Gasteiger partial charge in [-0.05, 0) is 58.1 Å². The summed E-state index contributed by atoms with van der Waals surface area (Å²) in [5.41, 5.74) is 2.66. The number of carbonyl (C=O) groups excluding carboxylic acids is 2. The molecule has 3 aromatic rings. The van der Waals surface area contributed by atoms with Gasteiger partial charge in [-0.25, -0.2) is 9.78 Å². The highest BCUT2D eigenvalue weighted by Crippen LogP contribution is 2.46. The molecule has 36 heavy (non-hydrogen) atoms. The lowest BCUT2D eigenvalue weighted by Gasteiger charge is -2.35. The average Bonchev–Trinajstić information content (AvgIpc) is 3.39. The average molecular weight is 528 g/mol. The molecule has 1 aliphatic rings. The molecule has 2 atom stereocenters. The summed E-state index contributed by atoms with van der Waals surface area (Å²) in [6, 6.07) is 1.87. The Kier molecular flexibility index (Phi) is 8.15. The largest absolute Gasteiger partial charge is 0.444 e. The van der Waals surface area contributed by atoms with Crippen molar-refractivity contribution in [2.45, 2.75) is 91.7 Å². The third-order valence-electron chi connectivity index (χ3n) is 6.80. The van der Waals surface area contributed by atoms with Gasteiger partial charge in [-0.15, -0.1) is 22.7 Å². The molecule has 0 radical (unpaired) electrons. The molecular formula is C28H37N3O3S2. The number of rotatable bonds is 8. The number of pyridine rings is 1. The molecule has 0 spiro atoms. The van der Waals surface area contributed by atoms with Gasteiger partial charge in [0.25, 0.3) is 0 Å². The van der Waals surface area contributed by atoms with Crippen LogP contribution in [-0.4, -0.2) is 38.9 Å². The zero-order chi connectivity index (χ0) is 26.0. The Labute approximate surface area is 222 Å². The number of Topliss-reactive ketones (excluding diaryl/α,β-unsaturated/α-hetero) is 1. The normalized spacial score (nSPS) is 16.7. The second-order valence-electron chi connectivity index (χ2n) is 10.8. The molecule has 0 bridgehead atoms. The van der Waals surface area contributed by atoms with Crippen molar-refractivity contribution in [2.75, 3.05) is 6.54 Å². The second-order valence-corrected chi connectivity index (χ2v) is 13.0. The molecule has 0 unspecified atom stereocenters. The monoisotopic (exact) mass is 527 g/mol. The van der Waals surface area contributed by atoms with E-state index in [0.29, 0.717) is 25.3 Å². The number of aromatic nitrogens is 2. The molecule has 1 aliphatic heterocycles. The number of hydrogen-bond acceptors (Lipinski definition) is 7. The highest BCUT2D eigenvalue weighted by Gasteiger charge is 2.35. The summed E-state index contributed by atoms with van der Waals surface area (Å²) < 4.78 is 6.77. The lowest BCUT2D eigenvalue weighted by molar-refractivity contribution is -0.118. The van der Waals surface area contributed by atoms with Crippen LogP contribution in [0.15, 0.2) is 18.5 Å². The first-order valence-corrected chi connectivity index (χ1v) is 14.6. The number of amides is 1. The summed E-state index contributed by atoms with van der Waals surface area (Å²) in [4.78, 5) is 39.1. The van der Waals surface area contributed by atoms with Gasteiger partial charge < -0.3 is 9.64 Å². The first-order valence-electron chi connectivity index (χ1n) is 12.9. The van der Waals surface area contributed by atoms with E-state index >= 15 is 0 Å². The summed E-state index contributed by atoms with van der Waals surface area (Å²) in [5, 5.41) is 0.941. The van der Waals surface area contributed by atoms with E-state index in [4.69, 9.17) is 9.72 Å². The minimum Gasteiger partial charge on any atom is -0.444 e. The highest BCUT2D eigenvalue weighted by atomic mass is 32.1. The third kappa shape index (κ3) is 5.97. The highest BCUT2D eigenvalue weighted by molar-refractivity contribution is 7.22. The Morgan fingerprint density at radius 2 is 2.06 bits per heavy atom. The number of thiophene rings is 1. The smallest absolute Gasteiger partial charge is 0.410 e. The van der Waals surface area contributed by atoms with Crippen LogP contribution in [0.25, 0.3) is 20.8 Å². The summed E-state index contributed by atoms with van der Waals surface area (Å²) in [6.45, 7) is 12.8. The third-order valence-corrected chi connectivity index (χ3v) is 9.26. The maximum absolute atomic E-state index is 13.1. The van der Waals surface area contributed by atoms with Crippen LogP contribution in [0.5, 0.6) is 0 Å². The molecule has 3 aromatic heterocycles. The summed E-state index contributed by atoms with van der Waals surface area (Å²) in [5.74, 6) is 0.927. The Morgan fingerprint density at radius 1 is 1.28 bits per heavy atom. The summed E-state index contributed by atoms with van der Waals surface area (Å²) >= 11 is 3.32. The number of ether oxygens (including phenoxy) is 1. The lowest BCUT2D eigenvalue weighted by atomic mass is 9.96. The predicted octanol–water partition coefficient (Wildman–Crippen LogP) is 7.60. The fourth-order valence-electron chi connectivity index (χ4n) is 4.64. The number of carbonyl (C=O) groups is 2. The molecule has 0 saturated heterocycles. The fraction of sp³-hybridized carbons (Fsp3) is 0.571. The molecule has 4 heterocycles. The molecule has 0 saturated carbocycles. The summed E-state index contributed by atoms with van der Waals surface area (Å²) in [7, 11) is 0. The second kappa shape index (κ2) is 11.0. The van der Waals surface area contributed by atoms with Crippen LogP contribution in [0.1, 0.15) is 88.6 Å². The molecule has 1 amide bonds. The topological polar surface area (TPSA) is 72.4 Å². The van der Waals surface area contributed by atoms with Gasteiger partial charge in [-0.1, -0.05) is 26.7 Å². The maximum Gasteiger partial charge on any atom is 0.410 e. The van der Waals surface area contributed by atoms with Crippen LogP contribution in [0.4, 0.5) is 4.79 Å². The van der Waals surface area contributed by atoms with E-state index in [1.165, 1.54) is 5.56 Å². The van der Waals surface area contributed by atoms with E-state index in [1.54, 1.807) is 35.1 Å². The molecule has 0 aliphatic carbocycles. The zero-order valence-electron chi connectivity index (χ0n) is 22.2. The molecular weight excluding hydrogens is 490 g/mol. The molecule has 0 N–H and O–H groups in total. The standard InChI is InChI=1S/C28H37N3O3S2/c1-7-17(2)9-8-10-19(32)15-23-24(26-30-21-16-29-13-11-22(21)36-26)20-12-14-31(18(3)25(20)35-23)27(33)34-28(4,5)6/h11,13,16-18H,7-10,12,14-15H2,1-6H3/t17-,18-/m0/s1. The zero-order valence-corrected chi connectivity index (χ0v) is 23.9. The van der Waals surface area contributed by atoms with Crippen molar-refractivity contribution < 1.29 is 14.3 Å². The Morgan fingerprint density at radius 3 is 2.75 bits per heavy atom.